The number of benzene rings is 2. The SMILES string of the molecule is CC(C)(C)OC(=O)N1CCN(c2ccc(-c3cc(-c4ccc5c(c4)CCNC5=O)c(N)nc3F)cc2C(F)(F)F)CC1. The first-order valence-electron chi connectivity index (χ1n) is 13.5. The molecule has 42 heavy (non-hydrogen) atoms. The molecule has 0 aliphatic carbocycles. The van der Waals surface area contributed by atoms with Gasteiger partial charge in [0.2, 0.25) is 5.95 Å². The van der Waals surface area contributed by atoms with E-state index >= 15 is 4.39 Å². The number of anilines is 2. The largest absolute Gasteiger partial charge is 0.444 e. The second-order valence-electron chi connectivity index (χ2n) is 11.3. The lowest BCUT2D eigenvalue weighted by Crippen LogP contribution is -2.50. The zero-order valence-corrected chi connectivity index (χ0v) is 23.4. The molecule has 2 aromatic carbocycles. The third-order valence-corrected chi connectivity index (χ3v) is 7.23. The van der Waals surface area contributed by atoms with Crippen LogP contribution in [0.3, 0.4) is 0 Å². The molecule has 5 rings (SSSR count). The molecule has 1 fully saturated rings. The summed E-state index contributed by atoms with van der Waals surface area (Å²) >= 11 is 0. The Morgan fingerprint density at radius 2 is 1.62 bits per heavy atom. The van der Waals surface area contributed by atoms with E-state index in [2.05, 4.69) is 10.3 Å². The van der Waals surface area contributed by atoms with Crippen molar-refractivity contribution in [1.82, 2.24) is 15.2 Å². The molecular formula is C30H31F4N5O3. The lowest BCUT2D eigenvalue weighted by molar-refractivity contribution is -0.137. The molecule has 2 aliphatic rings. The molecule has 0 atom stereocenters. The third-order valence-electron chi connectivity index (χ3n) is 7.23. The van der Waals surface area contributed by atoms with Gasteiger partial charge in [0.25, 0.3) is 5.91 Å². The van der Waals surface area contributed by atoms with Crippen molar-refractivity contribution in [2.45, 2.75) is 39.0 Å². The number of rotatable bonds is 3. The summed E-state index contributed by atoms with van der Waals surface area (Å²) in [6, 6.07) is 10.1. The van der Waals surface area contributed by atoms with Crippen molar-refractivity contribution < 1.29 is 31.9 Å². The van der Waals surface area contributed by atoms with E-state index < -0.39 is 29.4 Å². The van der Waals surface area contributed by atoms with E-state index in [1.807, 2.05) is 0 Å². The third kappa shape index (κ3) is 5.97. The molecule has 222 valence electrons. The van der Waals surface area contributed by atoms with Gasteiger partial charge in [0, 0.05) is 55.1 Å². The van der Waals surface area contributed by atoms with Crippen LogP contribution in [0.15, 0.2) is 42.5 Å². The number of halogens is 4. The minimum absolute atomic E-state index is 0.0120. The normalized spacial score (nSPS) is 15.7. The minimum Gasteiger partial charge on any atom is -0.444 e. The Balaban J connectivity index is 1.46. The van der Waals surface area contributed by atoms with Crippen molar-refractivity contribution in [1.29, 1.82) is 0 Å². The standard InChI is InChI=1S/C30H31F4N5O3/c1-29(2,3)42-28(41)39-12-10-38(11-13-39)24-7-5-18(15-23(24)30(32,33)34)21-16-22(26(35)37-25(21)31)17-4-6-20-19(14-17)8-9-36-27(20)40/h4-7,14-16H,8-13H2,1-3H3,(H2,35,37)(H,36,40). The minimum atomic E-state index is -4.73. The number of fused-ring (bicyclic) bond motifs is 1. The molecule has 0 unspecified atom stereocenters. The first kappa shape index (κ1) is 29.2. The van der Waals surface area contributed by atoms with Crippen LogP contribution in [-0.4, -0.2) is 60.2 Å². The Morgan fingerprint density at radius 1 is 0.952 bits per heavy atom. The summed E-state index contributed by atoms with van der Waals surface area (Å²) in [5.41, 5.74) is 6.44. The maximum absolute atomic E-state index is 15.1. The van der Waals surface area contributed by atoms with Crippen LogP contribution in [0, 0.1) is 5.95 Å². The van der Waals surface area contributed by atoms with Crippen LogP contribution in [0.1, 0.15) is 42.3 Å². The number of nitrogens with two attached hydrogens (primary N) is 1. The summed E-state index contributed by atoms with van der Waals surface area (Å²) in [6.07, 6.45) is -4.65. The average Bonchev–Trinajstić information content (AvgIpc) is 2.91. The number of nitrogens with zero attached hydrogens (tertiary/aromatic N) is 3. The molecular weight excluding hydrogens is 554 g/mol. The van der Waals surface area contributed by atoms with E-state index in [1.165, 1.54) is 23.1 Å². The van der Waals surface area contributed by atoms with Gasteiger partial charge in [-0.3, -0.25) is 4.79 Å². The molecule has 3 N–H and O–H groups in total. The predicted molar refractivity (Wildman–Crippen MR) is 151 cm³/mol. The number of nitrogens with one attached hydrogen (secondary N) is 1. The molecule has 12 heteroatoms. The van der Waals surface area contributed by atoms with Gasteiger partial charge in [0.05, 0.1) is 5.56 Å². The summed E-state index contributed by atoms with van der Waals surface area (Å²) in [6.45, 7) is 6.42. The number of carbonyl (C=O) groups is 2. The summed E-state index contributed by atoms with van der Waals surface area (Å²) in [5.74, 6) is -1.31. The van der Waals surface area contributed by atoms with E-state index in [9.17, 15) is 22.8 Å². The number of aromatic nitrogens is 1. The van der Waals surface area contributed by atoms with E-state index in [1.54, 1.807) is 43.9 Å². The highest BCUT2D eigenvalue weighted by molar-refractivity contribution is 5.97. The number of hydrogen-bond donors (Lipinski definition) is 2. The first-order valence-corrected chi connectivity index (χ1v) is 13.5. The Labute approximate surface area is 240 Å². The predicted octanol–water partition coefficient (Wildman–Crippen LogP) is 5.50. The van der Waals surface area contributed by atoms with Crippen LogP contribution in [0.2, 0.25) is 0 Å². The summed E-state index contributed by atoms with van der Waals surface area (Å²) < 4.78 is 63.4. The Morgan fingerprint density at radius 3 is 2.29 bits per heavy atom. The van der Waals surface area contributed by atoms with Crippen molar-refractivity contribution in [3.05, 3.63) is 65.1 Å². The van der Waals surface area contributed by atoms with Crippen molar-refractivity contribution >= 4 is 23.5 Å². The van der Waals surface area contributed by atoms with Gasteiger partial charge in [-0.05, 0) is 68.1 Å². The molecule has 3 heterocycles. The fourth-order valence-electron chi connectivity index (χ4n) is 5.20. The monoisotopic (exact) mass is 585 g/mol. The number of alkyl halides is 3. The zero-order valence-electron chi connectivity index (χ0n) is 23.4. The highest BCUT2D eigenvalue weighted by Gasteiger charge is 2.37. The fraction of sp³-hybridized carbons (Fsp3) is 0.367. The van der Waals surface area contributed by atoms with Crippen molar-refractivity contribution in [3.8, 4) is 22.3 Å². The van der Waals surface area contributed by atoms with E-state index in [0.717, 1.165) is 11.6 Å². The summed E-state index contributed by atoms with van der Waals surface area (Å²) in [5, 5.41) is 2.76. The van der Waals surface area contributed by atoms with E-state index in [-0.39, 0.29) is 54.7 Å². The van der Waals surface area contributed by atoms with Crippen LogP contribution in [0.4, 0.5) is 33.9 Å². The van der Waals surface area contributed by atoms with Gasteiger partial charge < -0.3 is 25.6 Å². The molecule has 1 saturated heterocycles. The number of ether oxygens (including phenoxy) is 1. The number of amides is 2. The van der Waals surface area contributed by atoms with Gasteiger partial charge in [-0.1, -0.05) is 18.2 Å². The second-order valence-corrected chi connectivity index (χ2v) is 11.3. The maximum Gasteiger partial charge on any atom is 0.418 e. The van der Waals surface area contributed by atoms with Crippen LogP contribution < -0.4 is 16.0 Å². The van der Waals surface area contributed by atoms with Crippen LogP contribution in [0.5, 0.6) is 0 Å². The van der Waals surface area contributed by atoms with Crippen molar-refractivity contribution in [2.24, 2.45) is 0 Å². The lowest BCUT2D eigenvalue weighted by Gasteiger charge is -2.37. The molecule has 0 radical (unpaired) electrons. The number of carbonyl (C=O) groups excluding carboxylic acids is 2. The molecule has 0 saturated carbocycles. The number of nitrogen functional groups attached to an aromatic ring is 1. The lowest BCUT2D eigenvalue weighted by atomic mass is 9.93. The number of piperazine rings is 1. The Hall–Kier alpha value is -4.35. The van der Waals surface area contributed by atoms with Crippen molar-refractivity contribution in [2.75, 3.05) is 43.4 Å². The van der Waals surface area contributed by atoms with Gasteiger partial charge in [0.15, 0.2) is 0 Å². The molecule has 3 aromatic rings. The smallest absolute Gasteiger partial charge is 0.418 e. The molecule has 2 aliphatic heterocycles. The topological polar surface area (TPSA) is 101 Å². The van der Waals surface area contributed by atoms with E-state index in [0.29, 0.717) is 29.7 Å². The van der Waals surface area contributed by atoms with Gasteiger partial charge in [-0.25, -0.2) is 9.78 Å². The molecule has 0 bridgehead atoms. The second kappa shape index (κ2) is 10.8. The molecule has 8 nitrogen and oxygen atoms in total. The maximum atomic E-state index is 15.1. The molecule has 1 aromatic heterocycles. The Kier molecular flexibility index (Phi) is 7.50. The summed E-state index contributed by atoms with van der Waals surface area (Å²) in [4.78, 5) is 31.3. The van der Waals surface area contributed by atoms with Gasteiger partial charge >= 0.3 is 12.3 Å². The quantitative estimate of drug-likeness (QED) is 0.311. The first-order chi connectivity index (χ1) is 19.7. The molecule has 2 amide bonds. The summed E-state index contributed by atoms with van der Waals surface area (Å²) in [7, 11) is 0. The Bertz CT molecular complexity index is 1540. The van der Waals surface area contributed by atoms with E-state index in [4.69, 9.17) is 10.5 Å². The highest BCUT2D eigenvalue weighted by Crippen LogP contribution is 2.41. The number of pyridine rings is 1. The van der Waals surface area contributed by atoms with Crippen LogP contribution in [0.25, 0.3) is 22.3 Å². The van der Waals surface area contributed by atoms with Crippen molar-refractivity contribution in [3.63, 3.8) is 0 Å². The van der Waals surface area contributed by atoms with Crippen LogP contribution >= 0.6 is 0 Å². The fourth-order valence-corrected chi connectivity index (χ4v) is 5.20. The molecule has 0 spiro atoms. The van der Waals surface area contributed by atoms with Gasteiger partial charge in [-0.2, -0.15) is 17.6 Å². The van der Waals surface area contributed by atoms with Crippen LogP contribution in [-0.2, 0) is 17.3 Å². The zero-order chi connectivity index (χ0) is 30.4. The van der Waals surface area contributed by atoms with Gasteiger partial charge in [0.1, 0.15) is 11.4 Å². The average molecular weight is 586 g/mol. The highest BCUT2D eigenvalue weighted by atomic mass is 19.4. The number of hydrogen-bond acceptors (Lipinski definition) is 6. The van der Waals surface area contributed by atoms with Gasteiger partial charge in [-0.15, -0.1) is 0 Å².